The summed E-state index contributed by atoms with van der Waals surface area (Å²) in [5, 5.41) is 3.26. The van der Waals surface area contributed by atoms with Gasteiger partial charge in [0.1, 0.15) is 5.75 Å². The smallest absolute Gasteiger partial charge is 0.387 e. The topological polar surface area (TPSA) is 21.3 Å². The summed E-state index contributed by atoms with van der Waals surface area (Å²) in [6.07, 6.45) is 1.23. The Morgan fingerprint density at radius 2 is 2.35 bits per heavy atom. The zero-order chi connectivity index (χ0) is 12.1. The number of anilines is 1. The molecule has 0 amide bonds. The number of rotatable bonds is 5. The Labute approximate surface area is 104 Å². The van der Waals surface area contributed by atoms with Gasteiger partial charge in [0.15, 0.2) is 0 Å². The van der Waals surface area contributed by atoms with Gasteiger partial charge in [-0.2, -0.15) is 20.5 Å². The van der Waals surface area contributed by atoms with Crippen molar-refractivity contribution in [2.24, 2.45) is 5.92 Å². The van der Waals surface area contributed by atoms with E-state index < -0.39 is 6.61 Å². The second-order valence-corrected chi connectivity index (χ2v) is 5.17. The second-order valence-electron chi connectivity index (χ2n) is 4.02. The molecule has 1 aromatic carbocycles. The zero-order valence-electron chi connectivity index (χ0n) is 9.36. The highest BCUT2D eigenvalue weighted by Gasteiger charge is 2.14. The molecule has 1 N–H and O–H groups in total. The van der Waals surface area contributed by atoms with Crippen LogP contribution in [0.5, 0.6) is 5.75 Å². The van der Waals surface area contributed by atoms with Gasteiger partial charge in [0.2, 0.25) is 0 Å². The number of hydrogen-bond acceptors (Lipinski definition) is 3. The molecule has 1 aliphatic rings. The summed E-state index contributed by atoms with van der Waals surface area (Å²) in [5.41, 5.74) is 0.833. The van der Waals surface area contributed by atoms with E-state index in [4.69, 9.17) is 0 Å². The van der Waals surface area contributed by atoms with Gasteiger partial charge in [-0.15, -0.1) is 0 Å². The molecule has 0 spiro atoms. The highest BCUT2D eigenvalue weighted by atomic mass is 32.2. The van der Waals surface area contributed by atoms with Crippen LogP contribution in [-0.4, -0.2) is 24.7 Å². The summed E-state index contributed by atoms with van der Waals surface area (Å²) in [6, 6.07) is 6.71. The maximum Gasteiger partial charge on any atom is 0.387 e. The minimum Gasteiger partial charge on any atom is -0.435 e. The average molecular weight is 259 g/mol. The zero-order valence-corrected chi connectivity index (χ0v) is 10.2. The van der Waals surface area contributed by atoms with Crippen molar-refractivity contribution in [1.82, 2.24) is 0 Å². The highest BCUT2D eigenvalue weighted by molar-refractivity contribution is 7.99. The molecular formula is C12H15F2NOS. The Hall–Kier alpha value is -0.970. The monoisotopic (exact) mass is 259 g/mol. The molecule has 1 unspecified atom stereocenters. The number of nitrogens with one attached hydrogen (secondary N) is 1. The molecule has 94 valence electrons. The Kier molecular flexibility index (Phi) is 4.48. The normalized spacial score (nSPS) is 19.6. The summed E-state index contributed by atoms with van der Waals surface area (Å²) < 4.78 is 28.4. The van der Waals surface area contributed by atoms with Crippen LogP contribution in [0.2, 0.25) is 0 Å². The van der Waals surface area contributed by atoms with E-state index in [0.717, 1.165) is 12.2 Å². The van der Waals surface area contributed by atoms with Crippen molar-refractivity contribution in [2.45, 2.75) is 13.0 Å². The Bertz CT molecular complexity index is 356. The van der Waals surface area contributed by atoms with Gasteiger partial charge in [-0.05, 0) is 36.0 Å². The largest absolute Gasteiger partial charge is 0.435 e. The molecule has 0 aromatic heterocycles. The summed E-state index contributed by atoms with van der Waals surface area (Å²) in [6.45, 7) is -1.87. The number of ether oxygens (including phenoxy) is 1. The van der Waals surface area contributed by atoms with Crippen LogP contribution in [0.4, 0.5) is 14.5 Å². The van der Waals surface area contributed by atoms with Crippen molar-refractivity contribution in [1.29, 1.82) is 0 Å². The molecule has 0 saturated carbocycles. The second kappa shape index (κ2) is 6.10. The minimum absolute atomic E-state index is 0.200. The lowest BCUT2D eigenvalue weighted by atomic mass is 10.1. The first-order chi connectivity index (χ1) is 8.24. The summed E-state index contributed by atoms with van der Waals surface area (Å²) in [7, 11) is 0. The van der Waals surface area contributed by atoms with Gasteiger partial charge in [-0.1, -0.05) is 6.07 Å². The van der Waals surface area contributed by atoms with Crippen LogP contribution in [0.15, 0.2) is 24.3 Å². The van der Waals surface area contributed by atoms with Gasteiger partial charge in [-0.3, -0.25) is 0 Å². The van der Waals surface area contributed by atoms with Crippen LogP contribution >= 0.6 is 11.8 Å². The van der Waals surface area contributed by atoms with Crippen molar-refractivity contribution in [2.75, 3.05) is 23.4 Å². The summed E-state index contributed by atoms with van der Waals surface area (Å²) in [4.78, 5) is 0. The lowest BCUT2D eigenvalue weighted by molar-refractivity contribution is -0.0498. The van der Waals surface area contributed by atoms with Crippen molar-refractivity contribution >= 4 is 17.4 Å². The minimum atomic E-state index is -2.77. The average Bonchev–Trinajstić information content (AvgIpc) is 2.79. The maximum atomic E-state index is 12.0. The lowest BCUT2D eigenvalue weighted by Crippen LogP contribution is -2.13. The van der Waals surface area contributed by atoms with E-state index in [2.05, 4.69) is 10.1 Å². The SMILES string of the molecule is FC(F)Oc1cccc(NCC2CCSC2)c1. The van der Waals surface area contributed by atoms with Gasteiger partial charge in [0.05, 0.1) is 0 Å². The number of benzene rings is 1. The summed E-state index contributed by atoms with van der Waals surface area (Å²) >= 11 is 1.97. The molecule has 1 aliphatic heterocycles. The van der Waals surface area contributed by atoms with E-state index in [0.29, 0.717) is 5.92 Å². The quantitative estimate of drug-likeness (QED) is 0.875. The maximum absolute atomic E-state index is 12.0. The predicted molar refractivity (Wildman–Crippen MR) is 67.0 cm³/mol. The van der Waals surface area contributed by atoms with Crippen LogP contribution in [-0.2, 0) is 0 Å². The van der Waals surface area contributed by atoms with Gasteiger partial charge in [-0.25, -0.2) is 0 Å². The third-order valence-electron chi connectivity index (χ3n) is 2.68. The predicted octanol–water partition coefficient (Wildman–Crippen LogP) is 3.45. The Balaban J connectivity index is 1.86. The fraction of sp³-hybridized carbons (Fsp3) is 0.500. The van der Waals surface area contributed by atoms with E-state index in [1.807, 2.05) is 17.8 Å². The standard InChI is InChI=1S/C12H15F2NOS/c13-12(14)16-11-3-1-2-10(6-11)15-7-9-4-5-17-8-9/h1-3,6,9,12,15H,4-5,7-8H2. The molecule has 1 heterocycles. The van der Waals surface area contributed by atoms with Crippen LogP contribution in [0, 0.1) is 5.92 Å². The van der Waals surface area contributed by atoms with Crippen molar-refractivity contribution < 1.29 is 13.5 Å². The molecule has 17 heavy (non-hydrogen) atoms. The molecule has 1 fully saturated rings. The molecule has 2 nitrogen and oxygen atoms in total. The van der Waals surface area contributed by atoms with Gasteiger partial charge < -0.3 is 10.1 Å². The van der Waals surface area contributed by atoms with E-state index in [9.17, 15) is 8.78 Å². The molecule has 2 rings (SSSR count). The first kappa shape index (κ1) is 12.5. The van der Waals surface area contributed by atoms with Crippen LogP contribution in [0.25, 0.3) is 0 Å². The van der Waals surface area contributed by atoms with E-state index in [1.54, 1.807) is 12.1 Å². The third-order valence-corrected chi connectivity index (χ3v) is 3.91. The Morgan fingerprint density at radius 1 is 1.47 bits per heavy atom. The van der Waals surface area contributed by atoms with Crippen LogP contribution in [0.1, 0.15) is 6.42 Å². The van der Waals surface area contributed by atoms with E-state index in [-0.39, 0.29) is 5.75 Å². The van der Waals surface area contributed by atoms with Gasteiger partial charge in [0.25, 0.3) is 0 Å². The van der Waals surface area contributed by atoms with Gasteiger partial charge in [0, 0.05) is 18.3 Å². The van der Waals surface area contributed by atoms with E-state index in [1.165, 1.54) is 24.0 Å². The van der Waals surface area contributed by atoms with Crippen LogP contribution in [0.3, 0.4) is 0 Å². The fourth-order valence-electron chi connectivity index (χ4n) is 1.79. The Morgan fingerprint density at radius 3 is 3.06 bits per heavy atom. The third kappa shape index (κ3) is 4.07. The first-order valence-electron chi connectivity index (χ1n) is 5.60. The molecule has 5 heteroatoms. The molecular weight excluding hydrogens is 244 g/mol. The number of thioether (sulfide) groups is 1. The van der Waals surface area contributed by atoms with E-state index >= 15 is 0 Å². The van der Waals surface area contributed by atoms with Gasteiger partial charge >= 0.3 is 6.61 Å². The fourth-order valence-corrected chi connectivity index (χ4v) is 3.07. The molecule has 1 atom stereocenters. The number of hydrogen-bond donors (Lipinski definition) is 1. The number of alkyl halides is 2. The molecule has 0 aliphatic carbocycles. The lowest BCUT2D eigenvalue weighted by Gasteiger charge is -2.12. The van der Waals surface area contributed by atoms with Crippen molar-refractivity contribution in [3.05, 3.63) is 24.3 Å². The van der Waals surface area contributed by atoms with Crippen molar-refractivity contribution in [3.63, 3.8) is 0 Å². The molecule has 0 bridgehead atoms. The number of halogens is 2. The molecule has 1 saturated heterocycles. The highest BCUT2D eigenvalue weighted by Crippen LogP contribution is 2.24. The van der Waals surface area contributed by atoms with Crippen LogP contribution < -0.4 is 10.1 Å². The molecule has 1 aromatic rings. The molecule has 0 radical (unpaired) electrons. The summed E-state index contributed by atoms with van der Waals surface area (Å²) in [5.74, 6) is 3.28. The first-order valence-corrected chi connectivity index (χ1v) is 6.76. The van der Waals surface area contributed by atoms with Crippen molar-refractivity contribution in [3.8, 4) is 5.75 Å².